The molecular weight excluding hydrogens is 202 g/mol. The van der Waals surface area contributed by atoms with Gasteiger partial charge < -0.3 is 15.2 Å². The van der Waals surface area contributed by atoms with Gasteiger partial charge in [-0.3, -0.25) is 0 Å². The fraction of sp³-hybridized carbons (Fsp3) is 0.538. The maximum atomic E-state index is 5.83. The van der Waals surface area contributed by atoms with Gasteiger partial charge in [0.1, 0.15) is 0 Å². The van der Waals surface area contributed by atoms with E-state index in [1.807, 2.05) is 0 Å². The van der Waals surface area contributed by atoms with E-state index < -0.39 is 5.79 Å². The van der Waals surface area contributed by atoms with Crippen LogP contribution in [-0.2, 0) is 15.3 Å². The van der Waals surface area contributed by atoms with Crippen molar-refractivity contribution >= 4 is 0 Å². The second kappa shape index (κ2) is 4.53. The zero-order valence-electron chi connectivity index (χ0n) is 9.95. The van der Waals surface area contributed by atoms with E-state index in [1.54, 1.807) is 0 Å². The van der Waals surface area contributed by atoms with Crippen LogP contribution in [0.4, 0.5) is 0 Å². The van der Waals surface area contributed by atoms with Crippen LogP contribution in [0.5, 0.6) is 0 Å². The summed E-state index contributed by atoms with van der Waals surface area (Å²) >= 11 is 0. The third kappa shape index (κ3) is 1.98. The number of rotatable bonds is 2. The van der Waals surface area contributed by atoms with Crippen molar-refractivity contribution in [2.75, 3.05) is 19.8 Å². The average Bonchev–Trinajstić information content (AvgIpc) is 2.30. The van der Waals surface area contributed by atoms with Crippen molar-refractivity contribution in [3.8, 4) is 0 Å². The van der Waals surface area contributed by atoms with Gasteiger partial charge in [0, 0.05) is 5.56 Å². The zero-order chi connectivity index (χ0) is 11.6. The molecule has 2 rings (SSSR count). The molecule has 0 amide bonds. The molecule has 0 radical (unpaired) electrons. The standard InChI is InChI=1S/C13H19NO2/c1-10-4-5-12(11(2)8-10)13(9-14)15-6-3-7-16-13/h4-5,8H,3,6-7,9,14H2,1-2H3. The number of hydrogen-bond acceptors (Lipinski definition) is 3. The van der Waals surface area contributed by atoms with E-state index in [2.05, 4.69) is 32.0 Å². The summed E-state index contributed by atoms with van der Waals surface area (Å²) in [5.41, 5.74) is 9.30. The molecule has 0 saturated carbocycles. The molecule has 3 nitrogen and oxygen atoms in total. The summed E-state index contributed by atoms with van der Waals surface area (Å²) in [6, 6.07) is 6.26. The van der Waals surface area contributed by atoms with Gasteiger partial charge in [0.2, 0.25) is 5.79 Å². The minimum Gasteiger partial charge on any atom is -0.345 e. The number of hydrogen-bond donors (Lipinski definition) is 1. The van der Waals surface area contributed by atoms with E-state index in [9.17, 15) is 0 Å². The molecule has 1 aromatic rings. The van der Waals surface area contributed by atoms with E-state index in [4.69, 9.17) is 15.2 Å². The van der Waals surface area contributed by atoms with E-state index in [-0.39, 0.29) is 0 Å². The molecular formula is C13H19NO2. The Hall–Kier alpha value is -0.900. The number of aryl methyl sites for hydroxylation is 2. The van der Waals surface area contributed by atoms with E-state index in [0.717, 1.165) is 12.0 Å². The molecule has 0 spiro atoms. The number of ether oxygens (including phenoxy) is 2. The Bertz CT molecular complexity index is 370. The fourth-order valence-electron chi connectivity index (χ4n) is 2.20. The summed E-state index contributed by atoms with van der Waals surface area (Å²) in [5, 5.41) is 0. The minimum absolute atomic E-state index is 0.358. The van der Waals surface area contributed by atoms with Gasteiger partial charge in [-0.2, -0.15) is 0 Å². The Labute approximate surface area is 96.5 Å². The predicted octanol–water partition coefficient (Wildman–Crippen LogP) is 1.85. The Balaban J connectivity index is 2.39. The highest BCUT2D eigenvalue weighted by Gasteiger charge is 2.36. The van der Waals surface area contributed by atoms with Crippen LogP contribution < -0.4 is 5.73 Å². The van der Waals surface area contributed by atoms with Crippen LogP contribution in [0.25, 0.3) is 0 Å². The Kier molecular flexibility index (Phi) is 3.28. The summed E-state index contributed by atoms with van der Waals surface area (Å²) in [7, 11) is 0. The van der Waals surface area contributed by atoms with Crippen molar-refractivity contribution in [2.24, 2.45) is 5.73 Å². The van der Waals surface area contributed by atoms with Crippen LogP contribution in [0.2, 0.25) is 0 Å². The van der Waals surface area contributed by atoms with Gasteiger partial charge in [0.15, 0.2) is 0 Å². The first-order chi connectivity index (χ1) is 7.68. The summed E-state index contributed by atoms with van der Waals surface area (Å²) < 4.78 is 11.5. The van der Waals surface area contributed by atoms with Gasteiger partial charge in [-0.1, -0.05) is 23.8 Å². The molecule has 3 heteroatoms. The Morgan fingerprint density at radius 2 is 1.94 bits per heavy atom. The molecule has 1 fully saturated rings. The fourth-order valence-corrected chi connectivity index (χ4v) is 2.20. The van der Waals surface area contributed by atoms with Crippen molar-refractivity contribution in [1.82, 2.24) is 0 Å². The molecule has 0 aliphatic carbocycles. The van der Waals surface area contributed by atoms with Gasteiger partial charge in [-0.15, -0.1) is 0 Å². The lowest BCUT2D eigenvalue weighted by Crippen LogP contribution is -2.44. The highest BCUT2D eigenvalue weighted by Crippen LogP contribution is 2.32. The smallest absolute Gasteiger partial charge is 0.207 e. The highest BCUT2D eigenvalue weighted by molar-refractivity contribution is 5.34. The van der Waals surface area contributed by atoms with Crippen LogP contribution in [-0.4, -0.2) is 19.8 Å². The Morgan fingerprint density at radius 3 is 2.50 bits per heavy atom. The molecule has 1 aliphatic rings. The van der Waals surface area contributed by atoms with Crippen LogP contribution in [0.1, 0.15) is 23.1 Å². The van der Waals surface area contributed by atoms with Crippen LogP contribution in [0.3, 0.4) is 0 Å². The topological polar surface area (TPSA) is 44.5 Å². The van der Waals surface area contributed by atoms with Crippen molar-refractivity contribution in [3.05, 3.63) is 34.9 Å². The lowest BCUT2D eigenvalue weighted by molar-refractivity contribution is -0.270. The quantitative estimate of drug-likeness (QED) is 0.829. The molecule has 0 atom stereocenters. The molecule has 2 N–H and O–H groups in total. The van der Waals surface area contributed by atoms with Crippen molar-refractivity contribution in [3.63, 3.8) is 0 Å². The summed E-state index contributed by atoms with van der Waals surface area (Å²) in [6.07, 6.45) is 0.937. The molecule has 0 unspecified atom stereocenters. The summed E-state index contributed by atoms with van der Waals surface area (Å²) in [6.45, 7) is 5.93. The van der Waals surface area contributed by atoms with Crippen LogP contribution >= 0.6 is 0 Å². The van der Waals surface area contributed by atoms with Gasteiger partial charge in [0.05, 0.1) is 19.8 Å². The van der Waals surface area contributed by atoms with Crippen molar-refractivity contribution in [1.29, 1.82) is 0 Å². The average molecular weight is 221 g/mol. The second-order valence-electron chi connectivity index (χ2n) is 4.33. The first-order valence-corrected chi connectivity index (χ1v) is 5.74. The van der Waals surface area contributed by atoms with E-state index >= 15 is 0 Å². The normalized spacial score (nSPS) is 19.7. The van der Waals surface area contributed by atoms with E-state index in [1.165, 1.54) is 11.1 Å². The van der Waals surface area contributed by atoms with Gasteiger partial charge in [0.25, 0.3) is 0 Å². The maximum absolute atomic E-state index is 5.83. The van der Waals surface area contributed by atoms with Crippen LogP contribution in [0, 0.1) is 13.8 Å². The zero-order valence-corrected chi connectivity index (χ0v) is 9.95. The molecule has 0 bridgehead atoms. The number of nitrogens with two attached hydrogens (primary N) is 1. The predicted molar refractivity (Wildman–Crippen MR) is 63.2 cm³/mol. The highest BCUT2D eigenvalue weighted by atomic mass is 16.7. The SMILES string of the molecule is Cc1ccc(C2(CN)OCCCO2)c(C)c1. The molecule has 16 heavy (non-hydrogen) atoms. The molecule has 1 heterocycles. The first-order valence-electron chi connectivity index (χ1n) is 5.74. The van der Waals surface area contributed by atoms with E-state index in [0.29, 0.717) is 19.8 Å². The lowest BCUT2D eigenvalue weighted by Gasteiger charge is -2.37. The first kappa shape index (κ1) is 11.6. The third-order valence-corrected chi connectivity index (χ3v) is 3.02. The lowest BCUT2D eigenvalue weighted by atomic mass is 9.97. The summed E-state index contributed by atoms with van der Waals surface area (Å²) in [5.74, 6) is -0.726. The Morgan fingerprint density at radius 1 is 1.25 bits per heavy atom. The molecule has 1 aromatic carbocycles. The van der Waals surface area contributed by atoms with Gasteiger partial charge in [-0.25, -0.2) is 0 Å². The second-order valence-corrected chi connectivity index (χ2v) is 4.33. The summed E-state index contributed by atoms with van der Waals surface area (Å²) in [4.78, 5) is 0. The van der Waals surface area contributed by atoms with Crippen LogP contribution in [0.15, 0.2) is 18.2 Å². The van der Waals surface area contributed by atoms with Crippen molar-refractivity contribution < 1.29 is 9.47 Å². The monoisotopic (exact) mass is 221 g/mol. The number of benzene rings is 1. The van der Waals surface area contributed by atoms with Crippen molar-refractivity contribution in [2.45, 2.75) is 26.1 Å². The largest absolute Gasteiger partial charge is 0.345 e. The molecule has 1 saturated heterocycles. The molecule has 88 valence electrons. The van der Waals surface area contributed by atoms with Gasteiger partial charge >= 0.3 is 0 Å². The van der Waals surface area contributed by atoms with Gasteiger partial charge in [-0.05, 0) is 25.8 Å². The maximum Gasteiger partial charge on any atom is 0.207 e. The molecule has 0 aromatic heterocycles. The third-order valence-electron chi connectivity index (χ3n) is 3.02. The molecule has 1 aliphatic heterocycles. The minimum atomic E-state index is -0.726.